The predicted octanol–water partition coefficient (Wildman–Crippen LogP) is 3.36. The summed E-state index contributed by atoms with van der Waals surface area (Å²) in [5.41, 5.74) is 9.10. The molecule has 0 saturated carbocycles. The van der Waals surface area contributed by atoms with Crippen molar-refractivity contribution in [3.05, 3.63) is 58.9 Å². The maximum Gasteiger partial charge on any atom is 0.249 e. The number of nitrogens with zero attached hydrogens (tertiary/aromatic N) is 2. The number of primary amides is 1. The number of aromatic nitrogens is 2. The molecule has 2 heterocycles. The van der Waals surface area contributed by atoms with Gasteiger partial charge in [-0.1, -0.05) is 17.7 Å². The van der Waals surface area contributed by atoms with E-state index in [2.05, 4.69) is 9.97 Å². The predicted molar refractivity (Wildman–Crippen MR) is 83.2 cm³/mol. The van der Waals surface area contributed by atoms with E-state index in [0.717, 1.165) is 27.7 Å². The number of hydrogen-bond donors (Lipinski definition) is 1. The van der Waals surface area contributed by atoms with Crippen LogP contribution in [0.2, 0.25) is 5.02 Å². The van der Waals surface area contributed by atoms with Crippen molar-refractivity contribution >= 4 is 28.4 Å². The second-order valence-electron chi connectivity index (χ2n) is 4.76. The molecule has 1 aromatic carbocycles. The van der Waals surface area contributed by atoms with Gasteiger partial charge in [0, 0.05) is 28.9 Å². The lowest BCUT2D eigenvalue weighted by molar-refractivity contribution is 0.0999. The number of carbonyl (C=O) groups excluding carboxylic acids is 1. The van der Waals surface area contributed by atoms with Crippen LogP contribution in [0.5, 0.6) is 0 Å². The number of benzene rings is 1. The van der Waals surface area contributed by atoms with Gasteiger partial charge in [0.15, 0.2) is 0 Å². The Morgan fingerprint density at radius 1 is 1.19 bits per heavy atom. The Kier molecular flexibility index (Phi) is 3.31. The van der Waals surface area contributed by atoms with E-state index in [9.17, 15) is 4.79 Å². The SMILES string of the molecule is Cc1c(C(N)=O)ccnc1-c1ccc2ncc(Cl)cc2c1. The Labute approximate surface area is 126 Å². The standard InChI is InChI=1S/C16H12ClN3O/c1-9-13(16(18)21)4-5-19-15(9)10-2-3-14-11(6-10)7-12(17)8-20-14/h2-8H,1H3,(H2,18,21). The second kappa shape index (κ2) is 5.14. The Morgan fingerprint density at radius 2 is 2.00 bits per heavy atom. The number of halogens is 1. The van der Waals surface area contributed by atoms with E-state index in [1.165, 1.54) is 0 Å². The summed E-state index contributed by atoms with van der Waals surface area (Å²) in [4.78, 5) is 20.0. The maximum absolute atomic E-state index is 11.4. The highest BCUT2D eigenvalue weighted by Crippen LogP contribution is 2.27. The Morgan fingerprint density at radius 3 is 2.76 bits per heavy atom. The highest BCUT2D eigenvalue weighted by molar-refractivity contribution is 6.31. The molecule has 1 amide bonds. The molecule has 0 unspecified atom stereocenters. The molecule has 0 aliphatic rings. The van der Waals surface area contributed by atoms with Gasteiger partial charge in [-0.05, 0) is 36.8 Å². The molecule has 0 bridgehead atoms. The molecule has 0 aliphatic heterocycles. The molecule has 0 fully saturated rings. The van der Waals surface area contributed by atoms with Gasteiger partial charge in [-0.25, -0.2) is 0 Å². The zero-order chi connectivity index (χ0) is 15.0. The fraction of sp³-hybridized carbons (Fsp3) is 0.0625. The van der Waals surface area contributed by atoms with Gasteiger partial charge < -0.3 is 5.73 Å². The molecule has 0 spiro atoms. The van der Waals surface area contributed by atoms with Crippen molar-refractivity contribution in [1.29, 1.82) is 0 Å². The molecule has 2 N–H and O–H groups in total. The molecule has 0 aliphatic carbocycles. The van der Waals surface area contributed by atoms with Crippen molar-refractivity contribution in [3.8, 4) is 11.3 Å². The monoisotopic (exact) mass is 297 g/mol. The van der Waals surface area contributed by atoms with Crippen LogP contribution in [0.3, 0.4) is 0 Å². The smallest absolute Gasteiger partial charge is 0.249 e. The highest BCUT2D eigenvalue weighted by atomic mass is 35.5. The number of hydrogen-bond acceptors (Lipinski definition) is 3. The quantitative estimate of drug-likeness (QED) is 0.788. The summed E-state index contributed by atoms with van der Waals surface area (Å²) in [5.74, 6) is -0.457. The van der Waals surface area contributed by atoms with E-state index >= 15 is 0 Å². The molecule has 2 aromatic heterocycles. The van der Waals surface area contributed by atoms with Crippen LogP contribution in [0.1, 0.15) is 15.9 Å². The minimum absolute atomic E-state index is 0.457. The van der Waals surface area contributed by atoms with Crippen LogP contribution in [-0.2, 0) is 0 Å². The van der Waals surface area contributed by atoms with Gasteiger partial charge in [0.25, 0.3) is 0 Å². The van der Waals surface area contributed by atoms with Crippen LogP contribution in [0.4, 0.5) is 0 Å². The Bertz CT molecular complexity index is 861. The van der Waals surface area contributed by atoms with Crippen molar-refractivity contribution in [3.63, 3.8) is 0 Å². The number of amides is 1. The van der Waals surface area contributed by atoms with Gasteiger partial charge in [0.1, 0.15) is 0 Å². The van der Waals surface area contributed by atoms with E-state index in [1.54, 1.807) is 18.5 Å². The van der Waals surface area contributed by atoms with Gasteiger partial charge in [-0.2, -0.15) is 0 Å². The first kappa shape index (κ1) is 13.5. The molecular formula is C16H12ClN3O. The van der Waals surface area contributed by atoms with Crippen LogP contribution in [0.15, 0.2) is 42.7 Å². The van der Waals surface area contributed by atoms with Crippen LogP contribution in [0, 0.1) is 6.92 Å². The topological polar surface area (TPSA) is 68.9 Å². The summed E-state index contributed by atoms with van der Waals surface area (Å²) in [7, 11) is 0. The molecule has 0 radical (unpaired) electrons. The van der Waals surface area contributed by atoms with E-state index in [-0.39, 0.29) is 0 Å². The lowest BCUT2D eigenvalue weighted by Crippen LogP contribution is -2.13. The van der Waals surface area contributed by atoms with Gasteiger partial charge in [0.05, 0.1) is 16.2 Å². The first-order chi connectivity index (χ1) is 10.1. The third-order valence-corrected chi connectivity index (χ3v) is 3.60. The number of carbonyl (C=O) groups is 1. The molecular weight excluding hydrogens is 286 g/mol. The first-order valence-corrected chi connectivity index (χ1v) is 6.75. The Hall–Kier alpha value is -2.46. The Balaban J connectivity index is 2.21. The van der Waals surface area contributed by atoms with E-state index in [1.807, 2.05) is 31.2 Å². The van der Waals surface area contributed by atoms with Gasteiger partial charge in [0.2, 0.25) is 5.91 Å². The normalized spacial score (nSPS) is 10.8. The number of fused-ring (bicyclic) bond motifs is 1. The molecule has 0 saturated heterocycles. The molecule has 0 atom stereocenters. The zero-order valence-corrected chi connectivity index (χ0v) is 12.1. The van der Waals surface area contributed by atoms with Crippen molar-refractivity contribution in [1.82, 2.24) is 9.97 Å². The average Bonchev–Trinajstić information content (AvgIpc) is 2.46. The fourth-order valence-electron chi connectivity index (χ4n) is 2.35. The molecule has 104 valence electrons. The molecule has 21 heavy (non-hydrogen) atoms. The third kappa shape index (κ3) is 2.45. The summed E-state index contributed by atoms with van der Waals surface area (Å²) >= 11 is 5.98. The van der Waals surface area contributed by atoms with Crippen LogP contribution in [-0.4, -0.2) is 15.9 Å². The van der Waals surface area contributed by atoms with Crippen molar-refractivity contribution < 1.29 is 4.79 Å². The van der Waals surface area contributed by atoms with Crippen LogP contribution < -0.4 is 5.73 Å². The second-order valence-corrected chi connectivity index (χ2v) is 5.19. The van der Waals surface area contributed by atoms with Crippen LogP contribution in [0.25, 0.3) is 22.2 Å². The highest BCUT2D eigenvalue weighted by Gasteiger charge is 2.11. The third-order valence-electron chi connectivity index (χ3n) is 3.39. The summed E-state index contributed by atoms with van der Waals surface area (Å²) in [5, 5.41) is 1.50. The van der Waals surface area contributed by atoms with Crippen molar-refractivity contribution in [2.24, 2.45) is 5.73 Å². The number of rotatable bonds is 2. The maximum atomic E-state index is 11.4. The lowest BCUT2D eigenvalue weighted by Gasteiger charge is -2.09. The fourth-order valence-corrected chi connectivity index (χ4v) is 2.51. The van der Waals surface area contributed by atoms with Gasteiger partial charge in [-0.3, -0.25) is 14.8 Å². The molecule has 4 nitrogen and oxygen atoms in total. The largest absolute Gasteiger partial charge is 0.366 e. The minimum atomic E-state index is -0.457. The minimum Gasteiger partial charge on any atom is -0.366 e. The van der Waals surface area contributed by atoms with Crippen LogP contribution >= 0.6 is 11.6 Å². The molecule has 3 aromatic rings. The average molecular weight is 298 g/mol. The summed E-state index contributed by atoms with van der Waals surface area (Å²) in [6.07, 6.45) is 3.20. The summed E-state index contributed by atoms with van der Waals surface area (Å²) in [6, 6.07) is 9.25. The van der Waals surface area contributed by atoms with E-state index in [4.69, 9.17) is 17.3 Å². The summed E-state index contributed by atoms with van der Waals surface area (Å²) in [6.45, 7) is 1.84. The van der Waals surface area contributed by atoms with Crippen molar-refractivity contribution in [2.75, 3.05) is 0 Å². The van der Waals surface area contributed by atoms with Gasteiger partial charge in [-0.15, -0.1) is 0 Å². The lowest BCUT2D eigenvalue weighted by atomic mass is 10.0. The number of nitrogens with two attached hydrogens (primary N) is 1. The van der Waals surface area contributed by atoms with E-state index in [0.29, 0.717) is 10.6 Å². The van der Waals surface area contributed by atoms with E-state index < -0.39 is 5.91 Å². The first-order valence-electron chi connectivity index (χ1n) is 6.37. The number of pyridine rings is 2. The molecule has 3 rings (SSSR count). The molecule has 5 heteroatoms. The zero-order valence-electron chi connectivity index (χ0n) is 11.3. The summed E-state index contributed by atoms with van der Waals surface area (Å²) < 4.78 is 0. The van der Waals surface area contributed by atoms with Gasteiger partial charge >= 0.3 is 0 Å². The van der Waals surface area contributed by atoms with Crippen molar-refractivity contribution in [2.45, 2.75) is 6.92 Å².